The van der Waals surface area contributed by atoms with Crippen molar-refractivity contribution in [2.45, 2.75) is 52.0 Å². The molecule has 0 aromatic carbocycles. The SMILES string of the molecule is CC(C)(C)NC(=O)CNC(=O)NC(=O)CCCCC(=O)O. The minimum absolute atomic E-state index is 0.00749. The van der Waals surface area contributed by atoms with Gasteiger partial charge in [0.15, 0.2) is 0 Å². The summed E-state index contributed by atoms with van der Waals surface area (Å²) in [5.74, 6) is -1.78. The van der Waals surface area contributed by atoms with Crippen LogP contribution in [0, 0.1) is 0 Å². The van der Waals surface area contributed by atoms with E-state index in [1.807, 2.05) is 20.8 Å². The van der Waals surface area contributed by atoms with Crippen LogP contribution < -0.4 is 16.0 Å². The lowest BCUT2D eigenvalue weighted by Gasteiger charge is -2.20. The Kier molecular flexibility index (Phi) is 8.03. The van der Waals surface area contributed by atoms with Crippen LogP contribution in [0.3, 0.4) is 0 Å². The van der Waals surface area contributed by atoms with Gasteiger partial charge in [0.2, 0.25) is 11.8 Å². The Morgan fingerprint density at radius 1 is 0.952 bits per heavy atom. The fraction of sp³-hybridized carbons (Fsp3) is 0.692. The number of hydrogen-bond acceptors (Lipinski definition) is 4. The minimum Gasteiger partial charge on any atom is -0.481 e. The van der Waals surface area contributed by atoms with Gasteiger partial charge in [-0.3, -0.25) is 19.7 Å². The van der Waals surface area contributed by atoms with Crippen molar-refractivity contribution < 1.29 is 24.3 Å². The van der Waals surface area contributed by atoms with Crippen LogP contribution in [0.4, 0.5) is 4.79 Å². The molecule has 120 valence electrons. The van der Waals surface area contributed by atoms with Gasteiger partial charge in [0.1, 0.15) is 0 Å². The van der Waals surface area contributed by atoms with E-state index in [4.69, 9.17) is 5.11 Å². The van der Waals surface area contributed by atoms with Crippen molar-refractivity contribution in [3.05, 3.63) is 0 Å². The van der Waals surface area contributed by atoms with E-state index < -0.39 is 23.4 Å². The number of carbonyl (C=O) groups excluding carboxylic acids is 3. The molecule has 0 saturated carbocycles. The third kappa shape index (κ3) is 12.6. The van der Waals surface area contributed by atoms with Gasteiger partial charge in [-0.25, -0.2) is 4.79 Å². The Morgan fingerprint density at radius 2 is 1.52 bits per heavy atom. The van der Waals surface area contributed by atoms with Crippen LogP contribution >= 0.6 is 0 Å². The molecule has 0 aromatic heterocycles. The number of rotatable bonds is 7. The molecule has 0 radical (unpaired) electrons. The Morgan fingerprint density at radius 3 is 2.05 bits per heavy atom. The minimum atomic E-state index is -0.919. The van der Waals surface area contributed by atoms with Crippen LogP contribution in [0.25, 0.3) is 0 Å². The number of aliphatic carboxylic acids is 1. The number of nitrogens with one attached hydrogen (secondary N) is 3. The molecule has 4 N–H and O–H groups in total. The lowest BCUT2D eigenvalue weighted by Crippen LogP contribution is -2.48. The fourth-order valence-corrected chi connectivity index (χ4v) is 1.42. The summed E-state index contributed by atoms with van der Waals surface area (Å²) in [5.41, 5.74) is -0.394. The van der Waals surface area contributed by atoms with Crippen molar-refractivity contribution >= 4 is 23.8 Å². The molecule has 0 spiro atoms. The molecule has 8 nitrogen and oxygen atoms in total. The highest BCUT2D eigenvalue weighted by Crippen LogP contribution is 1.99. The summed E-state index contributed by atoms with van der Waals surface area (Å²) in [4.78, 5) is 44.4. The number of amides is 4. The van der Waals surface area contributed by atoms with Gasteiger partial charge in [-0.15, -0.1) is 0 Å². The second kappa shape index (κ2) is 8.93. The average molecular weight is 301 g/mol. The highest BCUT2D eigenvalue weighted by Gasteiger charge is 2.14. The van der Waals surface area contributed by atoms with Gasteiger partial charge in [-0.2, -0.15) is 0 Å². The van der Waals surface area contributed by atoms with E-state index in [0.717, 1.165) is 0 Å². The van der Waals surface area contributed by atoms with E-state index in [1.54, 1.807) is 0 Å². The molecule has 0 atom stereocenters. The zero-order chi connectivity index (χ0) is 16.5. The molecule has 4 amide bonds. The van der Waals surface area contributed by atoms with Gasteiger partial charge in [-0.1, -0.05) is 0 Å². The van der Waals surface area contributed by atoms with Gasteiger partial charge >= 0.3 is 12.0 Å². The van der Waals surface area contributed by atoms with Crippen molar-refractivity contribution in [1.29, 1.82) is 0 Å². The lowest BCUT2D eigenvalue weighted by molar-refractivity contribution is -0.137. The van der Waals surface area contributed by atoms with Crippen LogP contribution in [0.1, 0.15) is 46.5 Å². The van der Waals surface area contributed by atoms with E-state index in [9.17, 15) is 19.2 Å². The second-order valence-corrected chi connectivity index (χ2v) is 5.63. The third-order valence-corrected chi connectivity index (χ3v) is 2.22. The first kappa shape index (κ1) is 18.9. The topological polar surface area (TPSA) is 125 Å². The molecule has 0 fully saturated rings. The first-order chi connectivity index (χ1) is 9.60. The summed E-state index contributed by atoms with van der Waals surface area (Å²) in [5, 5.41) is 15.4. The molecular weight excluding hydrogens is 278 g/mol. The van der Waals surface area contributed by atoms with Gasteiger partial charge in [0.25, 0.3) is 0 Å². The monoisotopic (exact) mass is 301 g/mol. The summed E-state index contributed by atoms with van der Waals surface area (Å²) in [6.07, 6.45) is 0.815. The molecule has 0 rings (SSSR count). The molecule has 0 aromatic rings. The van der Waals surface area contributed by atoms with Crippen LogP contribution in [-0.4, -0.2) is 41.0 Å². The molecule has 0 aliphatic carbocycles. The highest BCUT2D eigenvalue weighted by atomic mass is 16.4. The summed E-state index contributed by atoms with van der Waals surface area (Å²) in [7, 11) is 0. The maximum atomic E-state index is 11.4. The maximum Gasteiger partial charge on any atom is 0.321 e. The molecule has 0 bridgehead atoms. The van der Waals surface area contributed by atoms with Crippen molar-refractivity contribution in [3.8, 4) is 0 Å². The van der Waals surface area contributed by atoms with E-state index in [-0.39, 0.29) is 25.3 Å². The van der Waals surface area contributed by atoms with Gasteiger partial charge in [-0.05, 0) is 33.6 Å². The molecule has 0 saturated heterocycles. The molecule has 21 heavy (non-hydrogen) atoms. The first-order valence-corrected chi connectivity index (χ1v) is 6.70. The Hall–Kier alpha value is -2.12. The zero-order valence-corrected chi connectivity index (χ0v) is 12.6. The van der Waals surface area contributed by atoms with E-state index in [1.165, 1.54) is 0 Å². The van der Waals surface area contributed by atoms with E-state index in [0.29, 0.717) is 12.8 Å². The average Bonchev–Trinajstić information content (AvgIpc) is 2.30. The number of hydrogen-bond donors (Lipinski definition) is 4. The van der Waals surface area contributed by atoms with Crippen LogP contribution in [0.5, 0.6) is 0 Å². The molecule has 0 heterocycles. The zero-order valence-electron chi connectivity index (χ0n) is 12.6. The Bertz CT molecular complexity index is 401. The summed E-state index contributed by atoms with van der Waals surface area (Å²) in [6.45, 7) is 5.21. The molecule has 0 unspecified atom stereocenters. The molecular formula is C13H23N3O5. The number of unbranched alkanes of at least 4 members (excludes halogenated alkanes) is 1. The van der Waals surface area contributed by atoms with Gasteiger partial charge in [0.05, 0.1) is 6.54 Å². The number of carboxylic acid groups (broad SMARTS) is 1. The Labute approximate surface area is 123 Å². The fourth-order valence-electron chi connectivity index (χ4n) is 1.42. The van der Waals surface area contributed by atoms with Crippen LogP contribution in [-0.2, 0) is 14.4 Å². The lowest BCUT2D eigenvalue weighted by atomic mass is 10.1. The first-order valence-electron chi connectivity index (χ1n) is 6.70. The van der Waals surface area contributed by atoms with E-state index >= 15 is 0 Å². The van der Waals surface area contributed by atoms with Crippen LogP contribution in [0.2, 0.25) is 0 Å². The predicted molar refractivity (Wildman–Crippen MR) is 75.5 cm³/mol. The maximum absolute atomic E-state index is 11.4. The Balaban J connectivity index is 3.81. The van der Waals surface area contributed by atoms with Crippen LogP contribution in [0.15, 0.2) is 0 Å². The van der Waals surface area contributed by atoms with Crippen molar-refractivity contribution in [2.24, 2.45) is 0 Å². The standard InChI is InChI=1S/C13H23N3O5/c1-13(2,3)16-10(18)8-14-12(21)15-9(17)6-4-5-7-11(19)20/h4-8H2,1-3H3,(H,16,18)(H,19,20)(H2,14,15,17,21). The summed E-state index contributed by atoms with van der Waals surface area (Å²) in [6, 6.07) is -0.748. The normalized spacial score (nSPS) is 10.6. The van der Waals surface area contributed by atoms with Gasteiger partial charge < -0.3 is 15.7 Å². The predicted octanol–water partition coefficient (Wildman–Crippen LogP) is 0.372. The number of carbonyl (C=O) groups is 4. The van der Waals surface area contributed by atoms with E-state index in [2.05, 4.69) is 16.0 Å². The third-order valence-electron chi connectivity index (χ3n) is 2.22. The summed E-state index contributed by atoms with van der Waals surface area (Å²) >= 11 is 0. The molecule has 0 aliphatic heterocycles. The summed E-state index contributed by atoms with van der Waals surface area (Å²) < 4.78 is 0. The molecule has 8 heteroatoms. The number of imide groups is 1. The number of urea groups is 1. The smallest absolute Gasteiger partial charge is 0.321 e. The number of carboxylic acids is 1. The van der Waals surface area contributed by atoms with Crippen molar-refractivity contribution in [1.82, 2.24) is 16.0 Å². The van der Waals surface area contributed by atoms with Crippen molar-refractivity contribution in [3.63, 3.8) is 0 Å². The van der Waals surface area contributed by atoms with Crippen molar-refractivity contribution in [2.75, 3.05) is 6.54 Å². The molecule has 0 aliphatic rings. The largest absolute Gasteiger partial charge is 0.481 e. The quantitative estimate of drug-likeness (QED) is 0.506. The van der Waals surface area contributed by atoms with Gasteiger partial charge in [0, 0.05) is 18.4 Å². The second-order valence-electron chi connectivity index (χ2n) is 5.63. The highest BCUT2D eigenvalue weighted by molar-refractivity contribution is 5.95.